The summed E-state index contributed by atoms with van der Waals surface area (Å²) in [4.78, 5) is 7.81. The van der Waals surface area contributed by atoms with Crippen LogP contribution in [0.25, 0.3) is 0 Å². The first-order chi connectivity index (χ1) is 9.63. The second-order valence-electron chi connectivity index (χ2n) is 5.07. The Hall–Kier alpha value is -2.08. The van der Waals surface area contributed by atoms with Crippen LogP contribution in [0.2, 0.25) is 0 Å². The van der Waals surface area contributed by atoms with Gasteiger partial charge in [0, 0.05) is 0 Å². The molecule has 0 radical (unpaired) electrons. The molecule has 1 fully saturated rings. The van der Waals surface area contributed by atoms with Gasteiger partial charge in [-0.3, -0.25) is 0 Å². The van der Waals surface area contributed by atoms with Crippen molar-refractivity contribution < 1.29 is 0 Å². The lowest BCUT2D eigenvalue weighted by molar-refractivity contribution is 0.372. The smallest absolute Gasteiger partial charge is 0.223 e. The van der Waals surface area contributed by atoms with Crippen molar-refractivity contribution in [1.29, 1.82) is 0 Å². The van der Waals surface area contributed by atoms with Crippen molar-refractivity contribution >= 4 is 17.6 Å². The molecule has 7 N–H and O–H groups in total. The van der Waals surface area contributed by atoms with Crippen LogP contribution >= 0.6 is 0 Å². The summed E-state index contributed by atoms with van der Waals surface area (Å²) in [6.07, 6.45) is 3.61. The number of hydrogen-bond acceptors (Lipinski definition) is 2. The molecule has 6 nitrogen and oxygen atoms in total. The van der Waals surface area contributed by atoms with Crippen LogP contribution in [-0.4, -0.2) is 25.0 Å². The van der Waals surface area contributed by atoms with E-state index in [4.69, 9.17) is 17.2 Å². The Morgan fingerprint density at radius 1 is 1.10 bits per heavy atom. The Balaban J connectivity index is 1.97. The lowest BCUT2D eigenvalue weighted by Crippen LogP contribution is -2.28. The summed E-state index contributed by atoms with van der Waals surface area (Å²) >= 11 is 0. The summed E-state index contributed by atoms with van der Waals surface area (Å²) in [5.74, 6) is 0.752. The van der Waals surface area contributed by atoms with Crippen LogP contribution in [0.15, 0.2) is 34.3 Å². The Morgan fingerprint density at radius 2 is 1.75 bits per heavy atom. The van der Waals surface area contributed by atoms with E-state index in [1.807, 2.05) is 12.1 Å². The van der Waals surface area contributed by atoms with Gasteiger partial charge in [0.05, 0.1) is 5.69 Å². The minimum atomic E-state index is -0.0891. The average molecular weight is 274 g/mol. The molecule has 1 heterocycles. The monoisotopic (exact) mass is 274 g/mol. The fraction of sp³-hybridized carbons (Fsp3) is 0.429. The van der Waals surface area contributed by atoms with Gasteiger partial charge in [0.2, 0.25) is 5.96 Å². The third-order valence-electron chi connectivity index (χ3n) is 3.41. The molecule has 0 saturated carbocycles. The Bertz CT molecular complexity index is 481. The summed E-state index contributed by atoms with van der Waals surface area (Å²) in [6, 6.07) is 8.05. The molecule has 108 valence electrons. The zero-order valence-electron chi connectivity index (χ0n) is 11.5. The van der Waals surface area contributed by atoms with Gasteiger partial charge < -0.3 is 22.5 Å². The SMILES string of the molecule is NC(N)=NC(N)=Nc1ccc(CC2CCNCC2)cc1. The summed E-state index contributed by atoms with van der Waals surface area (Å²) < 4.78 is 0. The summed E-state index contributed by atoms with van der Waals surface area (Å²) in [7, 11) is 0. The largest absolute Gasteiger partial charge is 0.370 e. The third-order valence-corrected chi connectivity index (χ3v) is 3.41. The maximum absolute atomic E-state index is 5.59. The van der Waals surface area contributed by atoms with E-state index in [0.717, 1.165) is 31.1 Å². The molecule has 0 aliphatic carbocycles. The van der Waals surface area contributed by atoms with Crippen LogP contribution in [0.1, 0.15) is 18.4 Å². The van der Waals surface area contributed by atoms with Gasteiger partial charge in [0.1, 0.15) is 0 Å². The van der Waals surface area contributed by atoms with Crippen molar-refractivity contribution in [2.45, 2.75) is 19.3 Å². The minimum Gasteiger partial charge on any atom is -0.370 e. The highest BCUT2D eigenvalue weighted by molar-refractivity contribution is 5.93. The van der Waals surface area contributed by atoms with Crippen LogP contribution in [0.4, 0.5) is 5.69 Å². The highest BCUT2D eigenvalue weighted by atomic mass is 15.1. The molecule has 6 heteroatoms. The zero-order chi connectivity index (χ0) is 14.4. The van der Waals surface area contributed by atoms with Crippen molar-refractivity contribution in [1.82, 2.24) is 5.32 Å². The molecule has 0 spiro atoms. The van der Waals surface area contributed by atoms with E-state index >= 15 is 0 Å². The zero-order valence-corrected chi connectivity index (χ0v) is 11.5. The van der Waals surface area contributed by atoms with Gasteiger partial charge in [-0.25, -0.2) is 4.99 Å². The molecule has 1 aromatic rings. The molecule has 0 aromatic heterocycles. The van der Waals surface area contributed by atoms with Crippen molar-refractivity contribution in [2.75, 3.05) is 13.1 Å². The van der Waals surface area contributed by atoms with E-state index in [1.165, 1.54) is 18.4 Å². The summed E-state index contributed by atoms with van der Waals surface area (Å²) in [5, 5.41) is 3.38. The van der Waals surface area contributed by atoms with Crippen LogP contribution in [0.3, 0.4) is 0 Å². The second kappa shape index (κ2) is 6.91. The lowest BCUT2D eigenvalue weighted by Gasteiger charge is -2.22. The molecule has 0 atom stereocenters. The Kier molecular flexibility index (Phi) is 4.95. The van der Waals surface area contributed by atoms with Crippen LogP contribution in [0.5, 0.6) is 0 Å². The van der Waals surface area contributed by atoms with Gasteiger partial charge in [0.25, 0.3) is 0 Å². The number of nitrogens with one attached hydrogen (secondary N) is 1. The Morgan fingerprint density at radius 3 is 2.35 bits per heavy atom. The van der Waals surface area contributed by atoms with Crippen molar-refractivity contribution in [3.05, 3.63) is 29.8 Å². The number of guanidine groups is 2. The Labute approximate surface area is 119 Å². The fourth-order valence-corrected chi connectivity index (χ4v) is 2.42. The normalized spacial score (nSPS) is 16.9. The van der Waals surface area contributed by atoms with Crippen molar-refractivity contribution in [3.8, 4) is 0 Å². The predicted molar refractivity (Wildman–Crippen MR) is 82.8 cm³/mol. The number of rotatable bonds is 3. The van der Waals surface area contributed by atoms with E-state index in [1.54, 1.807) is 0 Å². The van der Waals surface area contributed by atoms with E-state index in [-0.39, 0.29) is 11.9 Å². The molecule has 20 heavy (non-hydrogen) atoms. The molecule has 0 bridgehead atoms. The first-order valence-corrected chi connectivity index (χ1v) is 6.87. The van der Waals surface area contributed by atoms with Gasteiger partial charge in [-0.15, -0.1) is 0 Å². The molecule has 1 aliphatic heterocycles. The molecule has 2 rings (SSSR count). The lowest BCUT2D eigenvalue weighted by atomic mass is 9.91. The maximum Gasteiger partial charge on any atom is 0.223 e. The van der Waals surface area contributed by atoms with Gasteiger partial charge in [-0.05, 0) is 56.0 Å². The van der Waals surface area contributed by atoms with E-state index in [2.05, 4.69) is 27.4 Å². The fourth-order valence-electron chi connectivity index (χ4n) is 2.42. The molecule has 1 saturated heterocycles. The molecular formula is C14H22N6. The highest BCUT2D eigenvalue weighted by Gasteiger charge is 2.13. The van der Waals surface area contributed by atoms with Crippen LogP contribution in [0, 0.1) is 5.92 Å². The van der Waals surface area contributed by atoms with Gasteiger partial charge in [-0.1, -0.05) is 12.1 Å². The van der Waals surface area contributed by atoms with Crippen LogP contribution in [-0.2, 0) is 6.42 Å². The minimum absolute atomic E-state index is 0.0658. The molecule has 0 amide bonds. The maximum atomic E-state index is 5.59. The van der Waals surface area contributed by atoms with Gasteiger partial charge >= 0.3 is 0 Å². The van der Waals surface area contributed by atoms with Crippen molar-refractivity contribution in [2.24, 2.45) is 33.1 Å². The van der Waals surface area contributed by atoms with E-state index < -0.39 is 0 Å². The van der Waals surface area contributed by atoms with Gasteiger partial charge in [-0.2, -0.15) is 4.99 Å². The molecule has 0 unspecified atom stereocenters. The predicted octanol–water partition coefficient (Wildman–Crippen LogP) is 0.448. The summed E-state index contributed by atoms with van der Waals surface area (Å²) in [6.45, 7) is 2.25. The first-order valence-electron chi connectivity index (χ1n) is 6.87. The van der Waals surface area contributed by atoms with E-state index in [0.29, 0.717) is 0 Å². The number of nitrogens with zero attached hydrogens (tertiary/aromatic N) is 2. The number of aliphatic imine (C=N–C) groups is 2. The van der Waals surface area contributed by atoms with Crippen molar-refractivity contribution in [3.63, 3.8) is 0 Å². The second-order valence-corrected chi connectivity index (χ2v) is 5.07. The average Bonchev–Trinajstić information content (AvgIpc) is 2.41. The standard InChI is InChI=1S/C14H22N6/c15-13(16)20-14(17)19-12-3-1-10(2-4-12)9-11-5-7-18-8-6-11/h1-4,11,18H,5-9H2,(H6,15,16,17,19,20). The molecule has 1 aromatic carbocycles. The number of benzene rings is 1. The van der Waals surface area contributed by atoms with Crippen LogP contribution < -0.4 is 22.5 Å². The van der Waals surface area contributed by atoms with Gasteiger partial charge in [0.15, 0.2) is 5.96 Å². The summed E-state index contributed by atoms with van der Waals surface area (Å²) in [5.41, 5.74) is 18.1. The topological polar surface area (TPSA) is 115 Å². The molecule has 1 aliphatic rings. The quantitative estimate of drug-likeness (QED) is 0.473. The first kappa shape index (κ1) is 14.3. The number of nitrogens with two attached hydrogens (primary N) is 3. The number of hydrogen-bond donors (Lipinski definition) is 4. The third kappa shape index (κ3) is 4.55. The highest BCUT2D eigenvalue weighted by Crippen LogP contribution is 2.20. The number of piperidine rings is 1. The van der Waals surface area contributed by atoms with E-state index in [9.17, 15) is 0 Å². The molecular weight excluding hydrogens is 252 g/mol.